The molecule has 0 aliphatic carbocycles. The SMILES string of the molecule is N#CC(C(=O)Cc1cccc(C(F)(F)F)c1)C(=O)Nc1ccccn1. The maximum Gasteiger partial charge on any atom is 0.416 e. The fraction of sp³-hybridized carbons (Fsp3) is 0.176. The molecular weight excluding hydrogens is 335 g/mol. The van der Waals surface area contributed by atoms with Gasteiger partial charge in [-0.2, -0.15) is 18.4 Å². The Labute approximate surface area is 141 Å². The third kappa shape index (κ3) is 4.88. The van der Waals surface area contributed by atoms with Crippen LogP contribution >= 0.6 is 0 Å². The lowest BCUT2D eigenvalue weighted by Crippen LogP contribution is -2.30. The van der Waals surface area contributed by atoms with Gasteiger partial charge in [0.2, 0.25) is 0 Å². The van der Waals surface area contributed by atoms with Crippen molar-refractivity contribution in [1.29, 1.82) is 5.26 Å². The van der Waals surface area contributed by atoms with Gasteiger partial charge < -0.3 is 5.32 Å². The number of nitrogens with zero attached hydrogens (tertiary/aromatic N) is 2. The Morgan fingerprint density at radius 3 is 2.56 bits per heavy atom. The molecule has 0 spiro atoms. The number of hydrogen-bond acceptors (Lipinski definition) is 4. The van der Waals surface area contributed by atoms with Gasteiger partial charge in [-0.1, -0.05) is 24.3 Å². The van der Waals surface area contributed by atoms with Crippen molar-refractivity contribution in [2.75, 3.05) is 5.32 Å². The van der Waals surface area contributed by atoms with Crippen LogP contribution in [0.1, 0.15) is 11.1 Å². The maximum absolute atomic E-state index is 12.7. The van der Waals surface area contributed by atoms with Crippen LogP contribution in [0.15, 0.2) is 48.7 Å². The Kier molecular flexibility index (Phi) is 5.49. The lowest BCUT2D eigenvalue weighted by atomic mass is 9.97. The molecule has 8 heteroatoms. The van der Waals surface area contributed by atoms with Crippen molar-refractivity contribution in [1.82, 2.24) is 4.98 Å². The fourth-order valence-electron chi connectivity index (χ4n) is 2.07. The molecule has 1 N–H and O–H groups in total. The summed E-state index contributed by atoms with van der Waals surface area (Å²) in [6, 6.07) is 10.5. The number of nitrogens with one attached hydrogen (secondary N) is 1. The van der Waals surface area contributed by atoms with E-state index in [1.807, 2.05) is 0 Å². The van der Waals surface area contributed by atoms with E-state index in [0.717, 1.165) is 12.1 Å². The molecule has 1 unspecified atom stereocenters. The molecule has 1 aromatic heterocycles. The van der Waals surface area contributed by atoms with Gasteiger partial charge in [-0.05, 0) is 23.8 Å². The number of carbonyl (C=O) groups excluding carboxylic acids is 2. The van der Waals surface area contributed by atoms with Crippen molar-refractivity contribution in [2.45, 2.75) is 12.6 Å². The molecule has 0 saturated heterocycles. The molecule has 2 aromatic rings. The van der Waals surface area contributed by atoms with Crippen LogP contribution in [0.25, 0.3) is 0 Å². The number of carbonyl (C=O) groups is 2. The topological polar surface area (TPSA) is 82.8 Å². The quantitative estimate of drug-likeness (QED) is 0.843. The van der Waals surface area contributed by atoms with Crippen LogP contribution in [0.4, 0.5) is 19.0 Å². The first-order chi connectivity index (χ1) is 11.8. The molecule has 0 fully saturated rings. The fourth-order valence-corrected chi connectivity index (χ4v) is 2.07. The van der Waals surface area contributed by atoms with Gasteiger partial charge in [0.25, 0.3) is 5.91 Å². The molecule has 1 heterocycles. The number of rotatable bonds is 5. The molecule has 0 aliphatic rings. The number of benzene rings is 1. The van der Waals surface area contributed by atoms with Crippen molar-refractivity contribution in [3.05, 3.63) is 59.8 Å². The first-order valence-corrected chi connectivity index (χ1v) is 7.11. The van der Waals surface area contributed by atoms with Crippen molar-refractivity contribution < 1.29 is 22.8 Å². The highest BCUT2D eigenvalue weighted by atomic mass is 19.4. The summed E-state index contributed by atoms with van der Waals surface area (Å²) in [7, 11) is 0. The van der Waals surface area contributed by atoms with E-state index in [-0.39, 0.29) is 11.4 Å². The largest absolute Gasteiger partial charge is 0.416 e. The van der Waals surface area contributed by atoms with E-state index in [4.69, 9.17) is 5.26 Å². The summed E-state index contributed by atoms with van der Waals surface area (Å²) in [5.41, 5.74) is -0.824. The van der Waals surface area contributed by atoms with E-state index in [1.165, 1.54) is 24.4 Å². The van der Waals surface area contributed by atoms with Gasteiger partial charge in [0.05, 0.1) is 11.6 Å². The summed E-state index contributed by atoms with van der Waals surface area (Å²) in [5, 5.41) is 11.4. The Morgan fingerprint density at radius 2 is 1.96 bits per heavy atom. The van der Waals surface area contributed by atoms with Crippen LogP contribution < -0.4 is 5.32 Å². The van der Waals surface area contributed by atoms with E-state index < -0.39 is 35.8 Å². The second-order valence-corrected chi connectivity index (χ2v) is 5.11. The average Bonchev–Trinajstić information content (AvgIpc) is 2.56. The Morgan fingerprint density at radius 1 is 1.20 bits per heavy atom. The monoisotopic (exact) mass is 347 g/mol. The third-order valence-electron chi connectivity index (χ3n) is 3.26. The Bertz CT molecular complexity index is 814. The lowest BCUT2D eigenvalue weighted by Gasteiger charge is -2.11. The van der Waals surface area contributed by atoms with E-state index in [1.54, 1.807) is 18.2 Å². The number of ketones is 1. The standard InChI is InChI=1S/C17H12F3N3O2/c18-17(19,20)12-5-3-4-11(8-12)9-14(24)13(10-21)16(25)23-15-6-1-2-7-22-15/h1-8,13H,9H2,(H,22,23,25). The summed E-state index contributed by atoms with van der Waals surface area (Å²) in [6.45, 7) is 0. The molecular formula is C17H12F3N3O2. The summed E-state index contributed by atoms with van der Waals surface area (Å²) in [6.07, 6.45) is -3.58. The maximum atomic E-state index is 12.7. The van der Waals surface area contributed by atoms with E-state index in [9.17, 15) is 22.8 Å². The minimum atomic E-state index is -4.54. The zero-order valence-corrected chi connectivity index (χ0v) is 12.7. The lowest BCUT2D eigenvalue weighted by molar-refractivity contribution is -0.138. The van der Waals surface area contributed by atoms with Gasteiger partial charge in [0.15, 0.2) is 11.7 Å². The molecule has 1 amide bonds. The normalized spacial score (nSPS) is 12.1. The van der Waals surface area contributed by atoms with Gasteiger partial charge in [-0.25, -0.2) is 4.98 Å². The van der Waals surface area contributed by atoms with Crippen molar-refractivity contribution in [3.8, 4) is 6.07 Å². The Hall–Kier alpha value is -3.21. The molecule has 5 nitrogen and oxygen atoms in total. The highest BCUT2D eigenvalue weighted by Crippen LogP contribution is 2.29. The Balaban J connectivity index is 2.10. The third-order valence-corrected chi connectivity index (χ3v) is 3.26. The van der Waals surface area contributed by atoms with Crippen LogP contribution in [0.3, 0.4) is 0 Å². The molecule has 0 aliphatic heterocycles. The highest BCUT2D eigenvalue weighted by Gasteiger charge is 2.31. The average molecular weight is 347 g/mol. The van der Waals surface area contributed by atoms with Gasteiger partial charge in [-0.15, -0.1) is 0 Å². The summed E-state index contributed by atoms with van der Waals surface area (Å²) in [4.78, 5) is 28.0. The number of amides is 1. The van der Waals surface area contributed by atoms with Gasteiger partial charge in [0.1, 0.15) is 5.82 Å². The molecule has 0 bridgehead atoms. The van der Waals surface area contributed by atoms with E-state index >= 15 is 0 Å². The van der Waals surface area contributed by atoms with Crippen molar-refractivity contribution >= 4 is 17.5 Å². The van der Waals surface area contributed by atoms with Crippen LogP contribution in [0.2, 0.25) is 0 Å². The van der Waals surface area contributed by atoms with Crippen molar-refractivity contribution in [2.24, 2.45) is 5.92 Å². The first kappa shape index (κ1) is 18.1. The van der Waals surface area contributed by atoms with Crippen LogP contribution in [0, 0.1) is 17.2 Å². The summed E-state index contributed by atoms with van der Waals surface area (Å²) < 4.78 is 38.1. The molecule has 1 aromatic carbocycles. The molecule has 25 heavy (non-hydrogen) atoms. The minimum absolute atomic E-state index is 0.0747. The molecule has 2 rings (SSSR count). The summed E-state index contributed by atoms with van der Waals surface area (Å²) >= 11 is 0. The van der Waals surface area contributed by atoms with Crippen molar-refractivity contribution in [3.63, 3.8) is 0 Å². The molecule has 0 saturated carbocycles. The number of alkyl halides is 3. The molecule has 1 atom stereocenters. The number of anilines is 1. The number of nitriles is 1. The second-order valence-electron chi connectivity index (χ2n) is 5.11. The van der Waals surface area contributed by atoms with Gasteiger partial charge >= 0.3 is 6.18 Å². The van der Waals surface area contributed by atoms with Crippen LogP contribution in [0.5, 0.6) is 0 Å². The zero-order valence-electron chi connectivity index (χ0n) is 12.7. The predicted molar refractivity (Wildman–Crippen MR) is 82.1 cm³/mol. The number of hydrogen-bond donors (Lipinski definition) is 1. The second kappa shape index (κ2) is 7.57. The van der Waals surface area contributed by atoms with Gasteiger partial charge in [-0.3, -0.25) is 9.59 Å². The molecule has 128 valence electrons. The smallest absolute Gasteiger partial charge is 0.309 e. The molecule has 0 radical (unpaired) electrons. The number of halogens is 3. The van der Waals surface area contributed by atoms with Gasteiger partial charge in [0, 0.05) is 12.6 Å². The predicted octanol–water partition coefficient (Wildman–Crippen LogP) is 2.99. The number of aromatic nitrogens is 1. The van der Waals surface area contributed by atoms with Crippen LogP contribution in [-0.4, -0.2) is 16.7 Å². The number of pyridine rings is 1. The first-order valence-electron chi connectivity index (χ1n) is 7.11. The van der Waals surface area contributed by atoms with Crippen LogP contribution in [-0.2, 0) is 22.2 Å². The zero-order chi connectivity index (χ0) is 18.4. The summed E-state index contributed by atoms with van der Waals surface area (Å²) in [5.74, 6) is -3.15. The van der Waals surface area contributed by atoms with E-state index in [0.29, 0.717) is 0 Å². The number of Topliss-reactive ketones (excluding diaryl/α,β-unsaturated/α-hetero) is 1. The van der Waals surface area contributed by atoms with E-state index in [2.05, 4.69) is 10.3 Å². The minimum Gasteiger partial charge on any atom is -0.309 e. The highest BCUT2D eigenvalue weighted by molar-refractivity contribution is 6.09.